The number of amides is 2. The number of aromatic nitrogens is 3. The molecule has 1 atom stereocenters. The van der Waals surface area contributed by atoms with Gasteiger partial charge in [0.25, 0.3) is 0 Å². The van der Waals surface area contributed by atoms with Gasteiger partial charge < -0.3 is 10.6 Å². The van der Waals surface area contributed by atoms with Gasteiger partial charge >= 0.3 is 12.2 Å². The lowest BCUT2D eigenvalue weighted by molar-refractivity contribution is -0.137. The third-order valence-corrected chi connectivity index (χ3v) is 5.70. The van der Waals surface area contributed by atoms with Crippen molar-refractivity contribution in [2.75, 3.05) is 24.2 Å². The maximum atomic E-state index is 13.9. The van der Waals surface area contributed by atoms with Crippen LogP contribution in [0.4, 0.5) is 33.7 Å². The van der Waals surface area contributed by atoms with Gasteiger partial charge in [0.05, 0.1) is 29.3 Å². The fraction of sp³-hybridized carbons (Fsp3) is 0.167. The summed E-state index contributed by atoms with van der Waals surface area (Å²) in [7, 11) is 1.90. The highest BCUT2D eigenvalue weighted by Crippen LogP contribution is 2.32. The second-order valence-electron chi connectivity index (χ2n) is 8.26. The Bertz CT molecular complexity index is 1460. The van der Waals surface area contributed by atoms with Gasteiger partial charge in [0.15, 0.2) is 5.65 Å². The number of imidazole rings is 1. The summed E-state index contributed by atoms with van der Waals surface area (Å²) in [6, 6.07) is 9.56. The number of nitrogens with one attached hydrogen (secondary N) is 2. The molecule has 3 heterocycles. The lowest BCUT2D eigenvalue weighted by Gasteiger charge is -2.12. The summed E-state index contributed by atoms with van der Waals surface area (Å²) in [6.45, 7) is 0.772. The first kappa shape index (κ1) is 23.3. The number of urea groups is 1. The molecule has 2 N–H and O–H groups in total. The molecule has 12 heteroatoms. The van der Waals surface area contributed by atoms with E-state index in [0.29, 0.717) is 29.5 Å². The normalized spacial score (nSPS) is 15.5. The average molecular weight is 497 g/mol. The Morgan fingerprint density at radius 3 is 2.53 bits per heavy atom. The van der Waals surface area contributed by atoms with E-state index in [9.17, 15) is 22.4 Å². The van der Waals surface area contributed by atoms with Crippen LogP contribution in [0, 0.1) is 5.82 Å². The Hall–Kier alpha value is -4.48. The summed E-state index contributed by atoms with van der Waals surface area (Å²) in [5, 5.41) is 15.2. The van der Waals surface area contributed by atoms with E-state index in [1.807, 2.05) is 24.3 Å². The number of rotatable bonds is 4. The number of carbonyl (C=O) groups excluding carboxylic acids is 1. The zero-order valence-electron chi connectivity index (χ0n) is 18.8. The van der Waals surface area contributed by atoms with Crippen molar-refractivity contribution in [3.05, 3.63) is 77.9 Å². The van der Waals surface area contributed by atoms with Gasteiger partial charge in [-0.1, -0.05) is 12.1 Å². The number of hydrogen-bond acceptors (Lipinski definition) is 5. The number of hydrogen-bond donors (Lipinski definition) is 2. The summed E-state index contributed by atoms with van der Waals surface area (Å²) in [5.41, 5.74) is 1.91. The largest absolute Gasteiger partial charge is 0.416 e. The van der Waals surface area contributed by atoms with Gasteiger partial charge in [0.1, 0.15) is 5.82 Å². The van der Waals surface area contributed by atoms with Crippen LogP contribution >= 0.6 is 0 Å². The number of benzene rings is 2. The van der Waals surface area contributed by atoms with Crippen LogP contribution in [0.1, 0.15) is 17.0 Å². The molecule has 0 saturated carbocycles. The molecule has 0 bridgehead atoms. The smallest absolute Gasteiger partial charge is 0.308 e. The van der Waals surface area contributed by atoms with Gasteiger partial charge in [-0.15, -0.1) is 0 Å². The highest BCUT2D eigenvalue weighted by atomic mass is 19.4. The number of nitrogens with zero attached hydrogens (tertiary/aromatic N) is 5. The fourth-order valence-electron chi connectivity index (χ4n) is 3.86. The molecule has 4 aromatic rings. The number of carbonyl (C=O) groups is 1. The third kappa shape index (κ3) is 4.69. The van der Waals surface area contributed by atoms with Crippen LogP contribution in [0.25, 0.3) is 16.9 Å². The van der Waals surface area contributed by atoms with Crippen LogP contribution in [0.5, 0.6) is 0 Å². The van der Waals surface area contributed by atoms with E-state index in [0.717, 1.165) is 23.4 Å². The van der Waals surface area contributed by atoms with Crippen LogP contribution in [-0.2, 0) is 6.18 Å². The first-order valence-corrected chi connectivity index (χ1v) is 10.8. The molecule has 1 aliphatic heterocycles. The van der Waals surface area contributed by atoms with Crippen molar-refractivity contribution < 1.29 is 22.4 Å². The Morgan fingerprint density at radius 2 is 1.83 bits per heavy atom. The summed E-state index contributed by atoms with van der Waals surface area (Å²) < 4.78 is 54.2. The molecule has 2 amide bonds. The van der Waals surface area contributed by atoms with Crippen molar-refractivity contribution in [1.29, 1.82) is 0 Å². The Kier molecular flexibility index (Phi) is 5.78. The molecule has 0 spiro atoms. The lowest BCUT2D eigenvalue weighted by atomic mass is 10.0. The van der Waals surface area contributed by atoms with E-state index >= 15 is 0 Å². The summed E-state index contributed by atoms with van der Waals surface area (Å²) in [4.78, 5) is 16.7. The lowest BCUT2D eigenvalue weighted by Crippen LogP contribution is -2.20. The number of anilines is 2. The monoisotopic (exact) mass is 497 g/mol. The molecule has 2 aromatic carbocycles. The molecule has 0 fully saturated rings. The highest BCUT2D eigenvalue weighted by molar-refractivity contribution is 6.00. The maximum absolute atomic E-state index is 13.9. The molecule has 184 valence electrons. The van der Waals surface area contributed by atoms with Gasteiger partial charge in [-0.05, 0) is 42.0 Å². The van der Waals surface area contributed by atoms with Crippen LogP contribution in [0.3, 0.4) is 0 Å². The predicted octanol–water partition coefficient (Wildman–Crippen LogP) is 5.21. The fourth-order valence-corrected chi connectivity index (χ4v) is 3.86. The van der Waals surface area contributed by atoms with E-state index in [-0.39, 0.29) is 5.92 Å². The molecular weight excluding hydrogens is 478 g/mol. The average Bonchev–Trinajstić information content (AvgIpc) is 3.46. The number of alkyl halides is 3. The second-order valence-corrected chi connectivity index (χ2v) is 8.26. The minimum Gasteiger partial charge on any atom is -0.308 e. The molecule has 2 aromatic heterocycles. The molecule has 1 unspecified atom stereocenters. The Balaban J connectivity index is 1.29. The maximum Gasteiger partial charge on any atom is 0.416 e. The predicted molar refractivity (Wildman–Crippen MR) is 126 cm³/mol. The SMILES string of the molecule is CN1CC(c2cnn3c(-c4ccc(NC(=O)Nc5cc(C(F)(F)F)ccc5F)cc4)cnc3c2)C=N1. The summed E-state index contributed by atoms with van der Waals surface area (Å²) in [5.74, 6) is -0.836. The van der Waals surface area contributed by atoms with E-state index in [1.54, 1.807) is 41.2 Å². The molecule has 0 radical (unpaired) electrons. The van der Waals surface area contributed by atoms with Crippen molar-refractivity contribution in [3.8, 4) is 11.3 Å². The number of fused-ring (bicyclic) bond motifs is 1. The van der Waals surface area contributed by atoms with E-state index < -0.39 is 29.3 Å². The molecule has 8 nitrogen and oxygen atoms in total. The van der Waals surface area contributed by atoms with Gasteiger partial charge in [0.2, 0.25) is 0 Å². The van der Waals surface area contributed by atoms with Crippen molar-refractivity contribution >= 4 is 29.3 Å². The van der Waals surface area contributed by atoms with Gasteiger partial charge in [-0.25, -0.2) is 18.7 Å². The number of likely N-dealkylation sites (N-methyl/N-ethyl adjacent to an activating group) is 1. The Labute approximate surface area is 202 Å². The van der Waals surface area contributed by atoms with Gasteiger partial charge in [0, 0.05) is 37.0 Å². The van der Waals surface area contributed by atoms with Crippen LogP contribution in [0.2, 0.25) is 0 Å². The topological polar surface area (TPSA) is 86.9 Å². The molecule has 36 heavy (non-hydrogen) atoms. The molecular formula is C24H19F4N7O. The van der Waals surface area contributed by atoms with Crippen molar-refractivity contribution in [1.82, 2.24) is 19.6 Å². The molecule has 5 rings (SSSR count). The minimum absolute atomic E-state index is 0.147. The van der Waals surface area contributed by atoms with Crippen LogP contribution < -0.4 is 10.6 Å². The minimum atomic E-state index is -4.66. The third-order valence-electron chi connectivity index (χ3n) is 5.70. The second kappa shape index (κ2) is 8.95. The molecule has 0 aliphatic carbocycles. The van der Waals surface area contributed by atoms with Crippen molar-refractivity contribution in [3.63, 3.8) is 0 Å². The molecule has 1 aliphatic rings. The first-order chi connectivity index (χ1) is 17.2. The zero-order valence-corrected chi connectivity index (χ0v) is 18.8. The van der Waals surface area contributed by atoms with Gasteiger partial charge in [-0.3, -0.25) is 5.01 Å². The number of halogens is 4. The highest BCUT2D eigenvalue weighted by Gasteiger charge is 2.31. The van der Waals surface area contributed by atoms with Crippen molar-refractivity contribution in [2.24, 2.45) is 5.10 Å². The number of hydrazone groups is 1. The quantitative estimate of drug-likeness (QED) is 0.379. The Morgan fingerprint density at radius 1 is 1.06 bits per heavy atom. The van der Waals surface area contributed by atoms with E-state index in [4.69, 9.17) is 0 Å². The zero-order chi connectivity index (χ0) is 25.4. The first-order valence-electron chi connectivity index (χ1n) is 10.8. The van der Waals surface area contributed by atoms with Crippen molar-refractivity contribution in [2.45, 2.75) is 12.1 Å². The summed E-state index contributed by atoms with van der Waals surface area (Å²) >= 11 is 0. The van der Waals surface area contributed by atoms with Crippen LogP contribution in [-0.4, -0.2) is 45.4 Å². The van der Waals surface area contributed by atoms with E-state index in [1.165, 1.54) is 0 Å². The standard InChI is InChI=1S/C24H19F4N7O/c1-34-13-16(11-30-34)15-8-22-29-12-21(35(22)31-10-15)14-2-5-18(6-3-14)32-23(36)33-20-9-17(24(26,27)28)4-7-19(20)25/h2-12,16H,13H2,1H3,(H2,32,33,36). The van der Waals surface area contributed by atoms with E-state index in [2.05, 4.69) is 25.8 Å². The molecule has 0 saturated heterocycles. The summed E-state index contributed by atoms with van der Waals surface area (Å²) in [6.07, 6.45) is 0.681. The van der Waals surface area contributed by atoms with Gasteiger partial charge in [-0.2, -0.15) is 23.4 Å². The van der Waals surface area contributed by atoms with Crippen LogP contribution in [0.15, 0.2) is 66.0 Å².